The summed E-state index contributed by atoms with van der Waals surface area (Å²) < 4.78 is 37.7. The Morgan fingerprint density at radius 2 is 1.84 bits per heavy atom. The molecule has 3 aromatic carbocycles. The van der Waals surface area contributed by atoms with Gasteiger partial charge in [-0.25, -0.2) is 8.78 Å². The average molecular weight is 584 g/mol. The van der Waals surface area contributed by atoms with Crippen LogP contribution in [0, 0.1) is 5.82 Å². The first-order valence-electron chi connectivity index (χ1n) is 16.1. The summed E-state index contributed by atoms with van der Waals surface area (Å²) in [4.78, 5) is 14.2. The molecule has 8 rings (SSSR count). The molecule has 0 spiro atoms. The number of hydrogen-bond acceptors (Lipinski definition) is 6. The number of nitrogens with zero attached hydrogens (tertiary/aromatic N) is 4. The lowest BCUT2D eigenvalue weighted by Gasteiger charge is -2.31. The normalized spacial score (nSPS) is 27.2. The molecule has 4 atom stereocenters. The third kappa shape index (κ3) is 4.65. The Hall–Kier alpha value is -3.36. The van der Waals surface area contributed by atoms with Gasteiger partial charge in [-0.3, -0.25) is 4.90 Å². The van der Waals surface area contributed by atoms with Gasteiger partial charge in [-0.05, 0) is 73.0 Å². The van der Waals surface area contributed by atoms with Gasteiger partial charge in [0.15, 0.2) is 5.82 Å². The van der Waals surface area contributed by atoms with E-state index >= 15 is 4.39 Å². The maximum absolute atomic E-state index is 16.8. The molecule has 8 heteroatoms. The predicted octanol–water partition coefficient (Wildman–Crippen LogP) is 6.44. The van der Waals surface area contributed by atoms with E-state index in [-0.39, 0.29) is 22.9 Å². The number of benzene rings is 3. The maximum atomic E-state index is 16.8. The average Bonchev–Trinajstić information content (AvgIpc) is 3.66. The van der Waals surface area contributed by atoms with Gasteiger partial charge in [0.2, 0.25) is 0 Å². The van der Waals surface area contributed by atoms with Crippen molar-refractivity contribution in [3.8, 4) is 17.1 Å². The highest BCUT2D eigenvalue weighted by Crippen LogP contribution is 2.41. The molecule has 0 saturated carbocycles. The van der Waals surface area contributed by atoms with Crippen molar-refractivity contribution >= 4 is 27.5 Å². The van der Waals surface area contributed by atoms with E-state index in [2.05, 4.69) is 46.3 Å². The summed E-state index contributed by atoms with van der Waals surface area (Å²) in [6.07, 6.45) is 5.77. The number of ether oxygens (including phenoxy) is 1. The van der Waals surface area contributed by atoms with Crippen molar-refractivity contribution < 1.29 is 13.5 Å². The number of anilines is 1. The molecule has 4 saturated heterocycles. The summed E-state index contributed by atoms with van der Waals surface area (Å²) in [6, 6.07) is 17.3. The molecule has 4 aliphatic heterocycles. The van der Waals surface area contributed by atoms with Gasteiger partial charge in [-0.1, -0.05) is 49.4 Å². The summed E-state index contributed by atoms with van der Waals surface area (Å²) in [6.45, 7) is 5.45. The Morgan fingerprint density at radius 3 is 2.72 bits per heavy atom. The Morgan fingerprint density at radius 1 is 0.977 bits per heavy atom. The maximum Gasteiger partial charge on any atom is 0.319 e. The fourth-order valence-corrected chi connectivity index (χ4v) is 8.36. The van der Waals surface area contributed by atoms with E-state index in [9.17, 15) is 4.39 Å². The van der Waals surface area contributed by atoms with Crippen molar-refractivity contribution in [3.63, 3.8) is 0 Å². The summed E-state index contributed by atoms with van der Waals surface area (Å²) in [5.74, 6) is 0.367. The number of alkyl halides is 1. The SMILES string of the molecule is CCc1cccc2cccc(-c3ccc4c(N5CCC6CCC(C5)N6)nc(OC[C@@]56CCCN5C[C@H](F)C6)nc4c3F)c12. The molecule has 43 heavy (non-hydrogen) atoms. The minimum Gasteiger partial charge on any atom is -0.461 e. The first-order chi connectivity index (χ1) is 21.0. The van der Waals surface area contributed by atoms with Crippen LogP contribution in [0.2, 0.25) is 0 Å². The zero-order valence-corrected chi connectivity index (χ0v) is 24.8. The molecular formula is C35H39F2N5O. The molecule has 4 aliphatic rings. The van der Waals surface area contributed by atoms with Crippen LogP contribution >= 0.6 is 0 Å². The topological polar surface area (TPSA) is 53.5 Å². The highest BCUT2D eigenvalue weighted by Gasteiger charge is 2.49. The van der Waals surface area contributed by atoms with Crippen molar-refractivity contribution in [3.05, 3.63) is 59.9 Å². The van der Waals surface area contributed by atoms with Crippen molar-refractivity contribution in [1.82, 2.24) is 20.2 Å². The van der Waals surface area contributed by atoms with Gasteiger partial charge in [0.1, 0.15) is 24.1 Å². The highest BCUT2D eigenvalue weighted by molar-refractivity contribution is 6.02. The first kappa shape index (κ1) is 27.2. The molecule has 2 unspecified atom stereocenters. The molecule has 1 N–H and O–H groups in total. The van der Waals surface area contributed by atoms with E-state index in [0.29, 0.717) is 42.6 Å². The number of nitrogens with one attached hydrogen (secondary N) is 1. The Labute approximate surface area is 251 Å². The molecule has 0 amide bonds. The lowest BCUT2D eigenvalue weighted by atomic mass is 9.93. The number of rotatable bonds is 6. The molecule has 0 aliphatic carbocycles. The van der Waals surface area contributed by atoms with E-state index in [1.807, 2.05) is 24.3 Å². The van der Waals surface area contributed by atoms with Gasteiger partial charge in [-0.2, -0.15) is 9.97 Å². The third-order valence-electron chi connectivity index (χ3n) is 10.5. The quantitative estimate of drug-likeness (QED) is 0.282. The van der Waals surface area contributed by atoms with E-state index in [1.165, 1.54) is 12.0 Å². The summed E-state index contributed by atoms with van der Waals surface area (Å²) in [5, 5.41) is 6.62. The smallest absolute Gasteiger partial charge is 0.319 e. The van der Waals surface area contributed by atoms with Crippen LogP contribution < -0.4 is 15.0 Å². The third-order valence-corrected chi connectivity index (χ3v) is 10.5. The fourth-order valence-electron chi connectivity index (χ4n) is 8.36. The van der Waals surface area contributed by atoms with Crippen LogP contribution in [0.4, 0.5) is 14.6 Å². The van der Waals surface area contributed by atoms with Crippen molar-refractivity contribution in [2.45, 2.75) is 75.7 Å². The van der Waals surface area contributed by atoms with Crippen molar-refractivity contribution in [2.75, 3.05) is 37.7 Å². The van der Waals surface area contributed by atoms with Crippen LogP contribution in [0.3, 0.4) is 0 Å². The largest absolute Gasteiger partial charge is 0.461 e. The number of hydrogen-bond donors (Lipinski definition) is 1. The molecular weight excluding hydrogens is 544 g/mol. The molecule has 2 bridgehead atoms. The Balaban J connectivity index is 1.25. The van der Waals surface area contributed by atoms with Gasteiger partial charge < -0.3 is 15.0 Å². The molecule has 6 nitrogen and oxygen atoms in total. The minimum atomic E-state index is -0.842. The molecule has 4 fully saturated rings. The second kappa shape index (κ2) is 10.7. The van der Waals surface area contributed by atoms with E-state index < -0.39 is 6.17 Å². The minimum absolute atomic E-state index is 0.177. The van der Waals surface area contributed by atoms with Crippen LogP contribution in [0.5, 0.6) is 6.01 Å². The number of aromatic nitrogens is 2. The number of aryl methyl sites for hydroxylation is 1. The first-order valence-corrected chi connectivity index (χ1v) is 16.1. The van der Waals surface area contributed by atoms with Gasteiger partial charge in [0.25, 0.3) is 0 Å². The molecule has 5 heterocycles. The summed E-state index contributed by atoms with van der Waals surface area (Å²) >= 11 is 0. The lowest BCUT2D eigenvalue weighted by molar-refractivity contribution is 0.107. The van der Waals surface area contributed by atoms with Crippen LogP contribution in [0.1, 0.15) is 51.0 Å². The van der Waals surface area contributed by atoms with E-state index in [0.717, 1.165) is 73.9 Å². The lowest BCUT2D eigenvalue weighted by Crippen LogP contribution is -2.43. The Kier molecular flexibility index (Phi) is 6.75. The van der Waals surface area contributed by atoms with Crippen LogP contribution in [-0.2, 0) is 6.42 Å². The van der Waals surface area contributed by atoms with Crippen LogP contribution in [0.25, 0.3) is 32.8 Å². The second-order valence-electron chi connectivity index (χ2n) is 13.1. The Bertz CT molecular complexity index is 1690. The van der Waals surface area contributed by atoms with Gasteiger partial charge >= 0.3 is 6.01 Å². The summed E-state index contributed by atoms with van der Waals surface area (Å²) in [7, 11) is 0. The summed E-state index contributed by atoms with van der Waals surface area (Å²) in [5.41, 5.74) is 2.54. The molecule has 1 aromatic heterocycles. The standard InChI is InChI=1S/C35H39F2N5O/c1-2-22-6-3-7-23-8-4-9-27(30(22)23)28-12-13-29-32(31(28)37)39-34(43-21-35-15-5-16-42(35)19-24(36)18-35)40-33(29)41-17-14-25-10-11-26(20-41)38-25/h3-4,6-9,12-13,24-26,38H,2,5,10-11,14-21H2,1H3/t24-,25?,26?,35+/m1/s1. The van der Waals surface area contributed by atoms with E-state index in [1.54, 1.807) is 0 Å². The van der Waals surface area contributed by atoms with E-state index in [4.69, 9.17) is 14.7 Å². The molecule has 4 aromatic rings. The van der Waals surface area contributed by atoms with Crippen molar-refractivity contribution in [1.29, 1.82) is 0 Å². The van der Waals surface area contributed by atoms with Crippen molar-refractivity contribution in [2.24, 2.45) is 0 Å². The van der Waals surface area contributed by atoms with Gasteiger partial charge in [-0.15, -0.1) is 0 Å². The molecule has 224 valence electrons. The predicted molar refractivity (Wildman–Crippen MR) is 167 cm³/mol. The van der Waals surface area contributed by atoms with Crippen LogP contribution in [0.15, 0.2) is 48.5 Å². The highest BCUT2D eigenvalue weighted by atomic mass is 19.1. The number of fused-ring (bicyclic) bond motifs is 5. The number of halogens is 2. The molecule has 0 radical (unpaired) electrons. The second-order valence-corrected chi connectivity index (χ2v) is 13.1. The van der Waals surface area contributed by atoms with Crippen LogP contribution in [-0.4, -0.2) is 71.4 Å². The fraction of sp³-hybridized carbons (Fsp3) is 0.486. The monoisotopic (exact) mass is 583 g/mol. The van der Waals surface area contributed by atoms with Gasteiger partial charge in [0.05, 0.1) is 5.54 Å². The zero-order valence-electron chi connectivity index (χ0n) is 24.8. The van der Waals surface area contributed by atoms with Gasteiger partial charge in [0, 0.05) is 49.1 Å². The zero-order chi connectivity index (χ0) is 29.1.